The van der Waals surface area contributed by atoms with Gasteiger partial charge in [0.25, 0.3) is 11.8 Å². The minimum absolute atomic E-state index is 0.0890. The molecular weight excluding hydrogens is 326 g/mol. The first kappa shape index (κ1) is 16.2. The molecule has 1 fully saturated rings. The van der Waals surface area contributed by atoms with Crippen molar-refractivity contribution >= 4 is 5.91 Å². The third-order valence-electron chi connectivity index (χ3n) is 4.96. The van der Waals surface area contributed by atoms with Crippen LogP contribution in [-0.4, -0.2) is 45.9 Å². The molecule has 0 aliphatic carbocycles. The summed E-state index contributed by atoms with van der Waals surface area (Å²) >= 11 is 0. The van der Waals surface area contributed by atoms with Gasteiger partial charge in [-0.1, -0.05) is 0 Å². The van der Waals surface area contributed by atoms with Gasteiger partial charge >= 0.3 is 0 Å². The first-order valence-electron chi connectivity index (χ1n) is 8.57. The highest BCUT2D eigenvalue weighted by atomic mass is 19.3. The summed E-state index contributed by atoms with van der Waals surface area (Å²) < 4.78 is 28.5. The molecular formula is C18H20F2N4O. The smallest absolute Gasteiger partial charge is 0.255 e. The second-order valence-corrected chi connectivity index (χ2v) is 6.64. The van der Waals surface area contributed by atoms with Crippen LogP contribution in [0, 0.1) is 0 Å². The summed E-state index contributed by atoms with van der Waals surface area (Å²) in [6, 6.07) is 5.62. The Morgan fingerprint density at radius 2 is 2.00 bits per heavy atom. The number of hydrogen-bond acceptors (Lipinski definition) is 3. The van der Waals surface area contributed by atoms with Crippen molar-refractivity contribution < 1.29 is 13.6 Å². The minimum Gasteiger partial charge on any atom is -0.338 e. The molecule has 132 valence electrons. The SMILES string of the molecule is O=C(c1ccc(-n2ccc3c2CCNC3)nc1)N1CCC(F)(F)CC1. The van der Waals surface area contributed by atoms with E-state index in [1.54, 1.807) is 6.07 Å². The van der Waals surface area contributed by atoms with Crippen molar-refractivity contribution in [1.82, 2.24) is 19.8 Å². The second kappa shape index (κ2) is 6.22. The molecule has 0 unspecified atom stereocenters. The molecule has 0 atom stereocenters. The van der Waals surface area contributed by atoms with E-state index in [9.17, 15) is 13.6 Å². The quantitative estimate of drug-likeness (QED) is 0.908. The molecule has 1 saturated heterocycles. The monoisotopic (exact) mass is 346 g/mol. The molecule has 0 radical (unpaired) electrons. The summed E-state index contributed by atoms with van der Waals surface area (Å²) in [5.41, 5.74) is 2.95. The van der Waals surface area contributed by atoms with E-state index in [1.807, 2.05) is 16.8 Å². The highest BCUT2D eigenvalue weighted by Crippen LogP contribution is 2.28. The average Bonchev–Trinajstić information content (AvgIpc) is 3.05. The third kappa shape index (κ3) is 3.16. The number of alkyl halides is 2. The number of carbonyl (C=O) groups is 1. The maximum absolute atomic E-state index is 13.2. The van der Waals surface area contributed by atoms with Crippen LogP contribution in [0.5, 0.6) is 0 Å². The zero-order valence-corrected chi connectivity index (χ0v) is 13.8. The number of pyridine rings is 1. The molecule has 0 saturated carbocycles. The number of nitrogens with one attached hydrogen (secondary N) is 1. The number of rotatable bonds is 2. The lowest BCUT2D eigenvalue weighted by molar-refractivity contribution is -0.0494. The number of piperidine rings is 1. The van der Waals surface area contributed by atoms with Gasteiger partial charge in [0.1, 0.15) is 5.82 Å². The lowest BCUT2D eigenvalue weighted by Crippen LogP contribution is -2.42. The van der Waals surface area contributed by atoms with Crippen LogP contribution in [0.2, 0.25) is 0 Å². The van der Waals surface area contributed by atoms with E-state index in [1.165, 1.54) is 22.4 Å². The zero-order chi connectivity index (χ0) is 17.4. The predicted octanol–water partition coefficient (Wildman–Crippen LogP) is 2.39. The number of aromatic nitrogens is 2. The number of carbonyl (C=O) groups excluding carboxylic acids is 1. The molecule has 0 spiro atoms. The minimum atomic E-state index is -2.65. The van der Waals surface area contributed by atoms with Gasteiger partial charge in [0.15, 0.2) is 0 Å². The van der Waals surface area contributed by atoms with E-state index >= 15 is 0 Å². The summed E-state index contributed by atoms with van der Waals surface area (Å²) in [5, 5.41) is 3.33. The maximum Gasteiger partial charge on any atom is 0.255 e. The van der Waals surface area contributed by atoms with E-state index in [0.29, 0.717) is 5.56 Å². The maximum atomic E-state index is 13.2. The van der Waals surface area contributed by atoms with Gasteiger partial charge in [0.05, 0.1) is 5.56 Å². The highest BCUT2D eigenvalue weighted by Gasteiger charge is 2.35. The summed E-state index contributed by atoms with van der Waals surface area (Å²) in [6.45, 7) is 1.98. The molecule has 2 aromatic rings. The Kier molecular flexibility index (Phi) is 4.03. The Morgan fingerprint density at radius 3 is 2.72 bits per heavy atom. The van der Waals surface area contributed by atoms with E-state index in [2.05, 4.69) is 16.4 Å². The molecule has 7 heteroatoms. The number of likely N-dealkylation sites (tertiary alicyclic amines) is 1. The molecule has 4 heterocycles. The Balaban J connectivity index is 1.51. The van der Waals surface area contributed by atoms with Crippen LogP contribution >= 0.6 is 0 Å². The Morgan fingerprint density at radius 1 is 1.20 bits per heavy atom. The van der Waals surface area contributed by atoms with Crippen molar-refractivity contribution in [1.29, 1.82) is 0 Å². The summed E-state index contributed by atoms with van der Waals surface area (Å²) in [5.74, 6) is -2.11. The van der Waals surface area contributed by atoms with Crippen LogP contribution in [0.1, 0.15) is 34.5 Å². The fourth-order valence-electron chi connectivity index (χ4n) is 3.47. The summed E-state index contributed by atoms with van der Waals surface area (Å²) in [7, 11) is 0. The van der Waals surface area contributed by atoms with Crippen LogP contribution in [-0.2, 0) is 13.0 Å². The van der Waals surface area contributed by atoms with Gasteiger partial charge in [-0.3, -0.25) is 4.79 Å². The summed E-state index contributed by atoms with van der Waals surface area (Å²) in [6.07, 6.45) is 3.93. The lowest BCUT2D eigenvalue weighted by Gasteiger charge is -2.31. The normalized spacial score (nSPS) is 19.5. The fraction of sp³-hybridized carbons (Fsp3) is 0.444. The van der Waals surface area contributed by atoms with Gasteiger partial charge in [-0.15, -0.1) is 0 Å². The third-order valence-corrected chi connectivity index (χ3v) is 4.96. The first-order chi connectivity index (χ1) is 12.0. The van der Waals surface area contributed by atoms with Gasteiger partial charge in [-0.05, 0) is 23.8 Å². The van der Waals surface area contributed by atoms with Crippen molar-refractivity contribution in [3.05, 3.63) is 47.4 Å². The van der Waals surface area contributed by atoms with Crippen LogP contribution in [0.3, 0.4) is 0 Å². The van der Waals surface area contributed by atoms with Crippen molar-refractivity contribution in [2.24, 2.45) is 0 Å². The number of hydrogen-bond donors (Lipinski definition) is 1. The molecule has 1 amide bonds. The molecule has 1 N–H and O–H groups in total. The first-order valence-corrected chi connectivity index (χ1v) is 8.57. The van der Waals surface area contributed by atoms with Gasteiger partial charge in [0, 0.05) is 63.5 Å². The lowest BCUT2D eigenvalue weighted by atomic mass is 10.1. The van der Waals surface area contributed by atoms with Crippen molar-refractivity contribution in [2.75, 3.05) is 19.6 Å². The highest BCUT2D eigenvalue weighted by molar-refractivity contribution is 5.94. The van der Waals surface area contributed by atoms with Gasteiger partial charge < -0.3 is 14.8 Å². The number of nitrogens with zero attached hydrogens (tertiary/aromatic N) is 3. The molecule has 0 aromatic carbocycles. The van der Waals surface area contributed by atoms with Gasteiger partial charge in [-0.2, -0.15) is 0 Å². The molecule has 2 aromatic heterocycles. The van der Waals surface area contributed by atoms with E-state index < -0.39 is 5.92 Å². The fourth-order valence-corrected chi connectivity index (χ4v) is 3.47. The van der Waals surface area contributed by atoms with Gasteiger partial charge in [-0.25, -0.2) is 13.8 Å². The van der Waals surface area contributed by atoms with Crippen molar-refractivity contribution in [2.45, 2.75) is 31.7 Å². The molecule has 4 rings (SSSR count). The number of amides is 1. The van der Waals surface area contributed by atoms with E-state index in [-0.39, 0.29) is 31.8 Å². The molecule has 25 heavy (non-hydrogen) atoms. The molecule has 0 bridgehead atoms. The Labute approximate surface area is 144 Å². The summed E-state index contributed by atoms with van der Waals surface area (Å²) in [4.78, 5) is 18.4. The topological polar surface area (TPSA) is 50.2 Å². The number of halogens is 2. The second-order valence-electron chi connectivity index (χ2n) is 6.64. The Hall–Kier alpha value is -2.28. The number of fused-ring (bicyclic) bond motifs is 1. The van der Waals surface area contributed by atoms with Gasteiger partial charge in [0.2, 0.25) is 0 Å². The molecule has 2 aliphatic rings. The molecule has 2 aliphatic heterocycles. The predicted molar refractivity (Wildman–Crippen MR) is 89.1 cm³/mol. The van der Waals surface area contributed by atoms with Crippen LogP contribution < -0.4 is 5.32 Å². The van der Waals surface area contributed by atoms with E-state index in [0.717, 1.165) is 25.3 Å². The Bertz CT molecular complexity index is 775. The zero-order valence-electron chi connectivity index (χ0n) is 13.8. The standard InChI is InChI=1S/C18H20F2N4O/c19-18(20)5-9-23(10-6-18)17(25)14-1-2-16(22-12-14)24-8-4-13-11-21-7-3-15(13)24/h1-2,4,8,12,21H,3,5-7,9-11H2. The van der Waals surface area contributed by atoms with Crippen molar-refractivity contribution in [3.8, 4) is 5.82 Å². The van der Waals surface area contributed by atoms with Crippen LogP contribution in [0.15, 0.2) is 30.6 Å². The van der Waals surface area contributed by atoms with Crippen LogP contribution in [0.25, 0.3) is 5.82 Å². The molecule has 5 nitrogen and oxygen atoms in total. The van der Waals surface area contributed by atoms with Crippen molar-refractivity contribution in [3.63, 3.8) is 0 Å². The van der Waals surface area contributed by atoms with E-state index in [4.69, 9.17) is 0 Å². The average molecular weight is 346 g/mol. The van der Waals surface area contributed by atoms with Crippen LogP contribution in [0.4, 0.5) is 8.78 Å². The largest absolute Gasteiger partial charge is 0.338 e.